The van der Waals surface area contributed by atoms with Crippen LogP contribution in [-0.4, -0.2) is 43.4 Å². The van der Waals surface area contributed by atoms with Gasteiger partial charge in [0.05, 0.1) is 0 Å². The van der Waals surface area contributed by atoms with E-state index >= 15 is 0 Å². The van der Waals surface area contributed by atoms with Crippen molar-refractivity contribution in [3.63, 3.8) is 0 Å². The molecule has 0 aliphatic carbocycles. The Hall–Kier alpha value is -2.91. The van der Waals surface area contributed by atoms with E-state index in [2.05, 4.69) is 52.3 Å². The molecule has 0 bridgehead atoms. The molecule has 1 aliphatic heterocycles. The molecule has 3 heteroatoms. The first kappa shape index (κ1) is 18.5. The molecule has 142 valence electrons. The fourth-order valence-electron chi connectivity index (χ4n) is 3.75. The summed E-state index contributed by atoms with van der Waals surface area (Å²) in [6.45, 7) is 4.89. The minimum Gasteiger partial charge on any atom is -0.369 e. The smallest absolute Gasteiger partial charge is 0.164 e. The van der Waals surface area contributed by atoms with Crippen molar-refractivity contribution in [3.05, 3.63) is 90.5 Å². The second kappa shape index (κ2) is 8.85. The SMILES string of the molecule is O=C(CCN1CCN(c2ccccc2)CC1)c1ccc(-c2ccccc2)cc1. The molecule has 0 amide bonds. The Kier molecular flexibility index (Phi) is 5.83. The van der Waals surface area contributed by atoms with E-state index in [0.29, 0.717) is 6.42 Å². The number of carbonyl (C=O) groups excluding carboxylic acids is 1. The molecule has 0 spiro atoms. The van der Waals surface area contributed by atoms with Crippen LogP contribution in [0, 0.1) is 0 Å². The number of para-hydroxylation sites is 1. The van der Waals surface area contributed by atoms with Crippen LogP contribution >= 0.6 is 0 Å². The third kappa shape index (κ3) is 4.49. The van der Waals surface area contributed by atoms with E-state index < -0.39 is 0 Å². The molecule has 0 atom stereocenters. The first-order valence-corrected chi connectivity index (χ1v) is 10.0. The van der Waals surface area contributed by atoms with Gasteiger partial charge >= 0.3 is 0 Å². The van der Waals surface area contributed by atoms with Crippen LogP contribution in [0.4, 0.5) is 5.69 Å². The summed E-state index contributed by atoms with van der Waals surface area (Å²) in [6, 6.07) is 28.8. The van der Waals surface area contributed by atoms with Crippen molar-refractivity contribution in [3.8, 4) is 11.1 Å². The summed E-state index contributed by atoms with van der Waals surface area (Å²) in [5, 5.41) is 0. The van der Waals surface area contributed by atoms with Gasteiger partial charge in [-0.1, -0.05) is 72.8 Å². The lowest BCUT2D eigenvalue weighted by Crippen LogP contribution is -2.46. The minimum atomic E-state index is 0.227. The van der Waals surface area contributed by atoms with Crippen molar-refractivity contribution >= 4 is 11.5 Å². The number of ketones is 1. The molecule has 0 saturated carbocycles. The van der Waals surface area contributed by atoms with E-state index in [4.69, 9.17) is 0 Å². The van der Waals surface area contributed by atoms with Crippen molar-refractivity contribution in [2.75, 3.05) is 37.6 Å². The van der Waals surface area contributed by atoms with Crippen LogP contribution in [0.3, 0.4) is 0 Å². The van der Waals surface area contributed by atoms with Gasteiger partial charge in [-0.05, 0) is 23.3 Å². The lowest BCUT2D eigenvalue weighted by molar-refractivity contribution is 0.0962. The Morgan fingerprint density at radius 1 is 0.679 bits per heavy atom. The normalized spacial score (nSPS) is 14.8. The number of rotatable bonds is 6. The maximum Gasteiger partial charge on any atom is 0.164 e. The zero-order valence-corrected chi connectivity index (χ0v) is 16.1. The number of nitrogens with zero attached hydrogens (tertiary/aromatic N) is 2. The number of piperazine rings is 1. The second-order valence-corrected chi connectivity index (χ2v) is 7.28. The van der Waals surface area contributed by atoms with Crippen LogP contribution < -0.4 is 4.90 Å². The zero-order chi connectivity index (χ0) is 19.2. The highest BCUT2D eigenvalue weighted by atomic mass is 16.1. The Morgan fingerprint density at radius 2 is 1.25 bits per heavy atom. The fourth-order valence-corrected chi connectivity index (χ4v) is 3.75. The van der Waals surface area contributed by atoms with Crippen molar-refractivity contribution in [1.82, 2.24) is 4.90 Å². The summed E-state index contributed by atoms with van der Waals surface area (Å²) >= 11 is 0. The minimum absolute atomic E-state index is 0.227. The number of benzene rings is 3. The van der Waals surface area contributed by atoms with Gasteiger partial charge in [-0.2, -0.15) is 0 Å². The first-order chi connectivity index (χ1) is 13.8. The van der Waals surface area contributed by atoms with E-state index in [1.54, 1.807) is 0 Å². The quantitative estimate of drug-likeness (QED) is 0.585. The molecule has 1 saturated heterocycles. The molecule has 3 nitrogen and oxygen atoms in total. The number of hydrogen-bond donors (Lipinski definition) is 0. The van der Waals surface area contributed by atoms with Crippen LogP contribution in [0.25, 0.3) is 11.1 Å². The molecule has 3 aromatic carbocycles. The van der Waals surface area contributed by atoms with Gasteiger partial charge in [0.1, 0.15) is 0 Å². The highest BCUT2D eigenvalue weighted by Gasteiger charge is 2.18. The summed E-state index contributed by atoms with van der Waals surface area (Å²) in [5.74, 6) is 0.227. The van der Waals surface area contributed by atoms with Gasteiger partial charge in [0.2, 0.25) is 0 Å². The summed E-state index contributed by atoms with van der Waals surface area (Å²) in [5.41, 5.74) is 4.42. The molecule has 4 rings (SSSR count). The zero-order valence-electron chi connectivity index (χ0n) is 16.1. The predicted octanol–water partition coefficient (Wildman–Crippen LogP) is 4.75. The van der Waals surface area contributed by atoms with E-state index in [0.717, 1.165) is 43.9 Å². The summed E-state index contributed by atoms with van der Waals surface area (Å²) < 4.78 is 0. The van der Waals surface area contributed by atoms with Crippen LogP contribution in [0.2, 0.25) is 0 Å². The van der Waals surface area contributed by atoms with E-state index in [-0.39, 0.29) is 5.78 Å². The molecule has 0 aromatic heterocycles. The van der Waals surface area contributed by atoms with Crippen LogP contribution in [0.1, 0.15) is 16.8 Å². The van der Waals surface area contributed by atoms with Crippen molar-refractivity contribution in [2.24, 2.45) is 0 Å². The average molecular weight is 370 g/mol. The molecule has 28 heavy (non-hydrogen) atoms. The van der Waals surface area contributed by atoms with Gasteiger partial charge in [0, 0.05) is 50.4 Å². The highest BCUT2D eigenvalue weighted by Crippen LogP contribution is 2.20. The molecular formula is C25H26N2O. The largest absolute Gasteiger partial charge is 0.369 e. The highest BCUT2D eigenvalue weighted by molar-refractivity contribution is 5.96. The number of anilines is 1. The molecular weight excluding hydrogens is 344 g/mol. The lowest BCUT2D eigenvalue weighted by Gasteiger charge is -2.36. The van der Waals surface area contributed by atoms with Gasteiger partial charge in [0.15, 0.2) is 5.78 Å². The van der Waals surface area contributed by atoms with Crippen LogP contribution in [0.5, 0.6) is 0 Å². The fraction of sp³-hybridized carbons (Fsp3) is 0.240. The average Bonchev–Trinajstić information content (AvgIpc) is 2.79. The summed E-state index contributed by atoms with van der Waals surface area (Å²) in [6.07, 6.45) is 0.579. The predicted molar refractivity (Wildman–Crippen MR) is 116 cm³/mol. The number of carbonyl (C=O) groups is 1. The van der Waals surface area contributed by atoms with Gasteiger partial charge in [-0.25, -0.2) is 0 Å². The number of Topliss-reactive ketones (excluding diaryl/α,β-unsaturated/α-hetero) is 1. The Labute approximate surface area is 167 Å². The van der Waals surface area contributed by atoms with Gasteiger partial charge in [-0.15, -0.1) is 0 Å². The van der Waals surface area contributed by atoms with Gasteiger partial charge in [-0.3, -0.25) is 9.69 Å². The Morgan fingerprint density at radius 3 is 1.89 bits per heavy atom. The Balaban J connectivity index is 1.27. The molecule has 0 radical (unpaired) electrons. The second-order valence-electron chi connectivity index (χ2n) is 7.28. The Bertz CT molecular complexity index is 883. The third-order valence-corrected chi connectivity index (χ3v) is 5.46. The van der Waals surface area contributed by atoms with E-state index in [1.165, 1.54) is 11.3 Å². The lowest BCUT2D eigenvalue weighted by atomic mass is 10.0. The molecule has 3 aromatic rings. The van der Waals surface area contributed by atoms with E-state index in [1.807, 2.05) is 42.5 Å². The maximum absolute atomic E-state index is 12.6. The van der Waals surface area contributed by atoms with Crippen molar-refractivity contribution < 1.29 is 4.79 Å². The molecule has 1 fully saturated rings. The third-order valence-electron chi connectivity index (χ3n) is 5.46. The van der Waals surface area contributed by atoms with Gasteiger partial charge in [0.25, 0.3) is 0 Å². The first-order valence-electron chi connectivity index (χ1n) is 10.0. The van der Waals surface area contributed by atoms with Crippen LogP contribution in [0.15, 0.2) is 84.9 Å². The monoisotopic (exact) mass is 370 g/mol. The van der Waals surface area contributed by atoms with E-state index in [9.17, 15) is 4.79 Å². The number of hydrogen-bond acceptors (Lipinski definition) is 3. The summed E-state index contributed by atoms with van der Waals surface area (Å²) in [4.78, 5) is 17.4. The maximum atomic E-state index is 12.6. The van der Waals surface area contributed by atoms with Crippen LogP contribution in [-0.2, 0) is 0 Å². The van der Waals surface area contributed by atoms with Gasteiger partial charge < -0.3 is 4.90 Å². The molecule has 1 aliphatic rings. The topological polar surface area (TPSA) is 23.6 Å². The molecule has 0 unspecified atom stereocenters. The summed E-state index contributed by atoms with van der Waals surface area (Å²) in [7, 11) is 0. The van der Waals surface area contributed by atoms with Crippen molar-refractivity contribution in [2.45, 2.75) is 6.42 Å². The molecule has 0 N–H and O–H groups in total. The molecule has 1 heterocycles. The standard InChI is InChI=1S/C25H26N2O/c28-25(23-13-11-22(12-14-23)21-7-3-1-4-8-21)15-16-26-17-19-27(20-18-26)24-9-5-2-6-10-24/h1-14H,15-20H2. The van der Waals surface area contributed by atoms with Crippen molar-refractivity contribution in [1.29, 1.82) is 0 Å².